The maximum absolute atomic E-state index is 12.5. The van der Waals surface area contributed by atoms with Gasteiger partial charge in [-0.3, -0.25) is 4.79 Å². The predicted molar refractivity (Wildman–Crippen MR) is 87.6 cm³/mol. The number of amides is 1. The van der Waals surface area contributed by atoms with E-state index in [1.54, 1.807) is 20.1 Å². The lowest BCUT2D eigenvalue weighted by Crippen LogP contribution is -2.42. The molecule has 0 radical (unpaired) electrons. The third-order valence-electron chi connectivity index (χ3n) is 4.32. The molecular formula is C18H25NO3. The Kier molecular flexibility index (Phi) is 5.61. The van der Waals surface area contributed by atoms with Crippen molar-refractivity contribution in [3.63, 3.8) is 0 Å². The van der Waals surface area contributed by atoms with E-state index in [0.29, 0.717) is 6.54 Å². The molecule has 2 rings (SSSR count). The first-order valence-electron chi connectivity index (χ1n) is 7.81. The topological polar surface area (TPSA) is 49.8 Å². The van der Waals surface area contributed by atoms with Crippen molar-refractivity contribution in [2.24, 2.45) is 5.92 Å². The number of aliphatic hydroxyl groups is 1. The van der Waals surface area contributed by atoms with Crippen LogP contribution < -0.4 is 4.74 Å². The van der Waals surface area contributed by atoms with Gasteiger partial charge in [-0.25, -0.2) is 0 Å². The Balaban J connectivity index is 2.12. The number of nitrogens with zero attached hydrogens (tertiary/aromatic N) is 1. The van der Waals surface area contributed by atoms with Crippen LogP contribution >= 0.6 is 0 Å². The van der Waals surface area contributed by atoms with Gasteiger partial charge in [0.2, 0.25) is 5.91 Å². The summed E-state index contributed by atoms with van der Waals surface area (Å²) in [6.07, 6.45) is 3.23. The molecule has 1 aliphatic heterocycles. The Morgan fingerprint density at radius 2 is 2.18 bits per heavy atom. The van der Waals surface area contributed by atoms with Crippen LogP contribution in [0, 0.1) is 5.92 Å². The number of aliphatic hydroxyl groups excluding tert-OH is 1. The Hall–Kier alpha value is -1.81. The Morgan fingerprint density at radius 3 is 2.86 bits per heavy atom. The second kappa shape index (κ2) is 7.45. The first-order chi connectivity index (χ1) is 10.5. The molecule has 2 unspecified atom stereocenters. The average molecular weight is 303 g/mol. The van der Waals surface area contributed by atoms with E-state index in [9.17, 15) is 9.90 Å². The first kappa shape index (κ1) is 16.6. The van der Waals surface area contributed by atoms with Crippen molar-refractivity contribution in [3.05, 3.63) is 35.9 Å². The molecule has 1 aromatic rings. The van der Waals surface area contributed by atoms with Crippen molar-refractivity contribution < 1.29 is 14.6 Å². The molecule has 0 saturated carbocycles. The van der Waals surface area contributed by atoms with E-state index < -0.39 is 0 Å². The normalized spacial score (nSPS) is 20.6. The number of benzene rings is 1. The number of carbonyl (C=O) groups excluding carboxylic acids is 1. The van der Waals surface area contributed by atoms with Crippen LogP contribution in [0.3, 0.4) is 0 Å². The van der Waals surface area contributed by atoms with Crippen LogP contribution in [0.15, 0.2) is 30.3 Å². The molecular weight excluding hydrogens is 278 g/mol. The second-order valence-electron chi connectivity index (χ2n) is 5.95. The highest BCUT2D eigenvalue weighted by molar-refractivity contribution is 5.95. The quantitative estimate of drug-likeness (QED) is 0.870. The highest BCUT2D eigenvalue weighted by Gasteiger charge is 2.25. The van der Waals surface area contributed by atoms with Crippen molar-refractivity contribution in [2.45, 2.75) is 32.8 Å². The summed E-state index contributed by atoms with van der Waals surface area (Å²) in [5.41, 5.74) is 1.82. The number of rotatable bonds is 4. The van der Waals surface area contributed by atoms with E-state index in [4.69, 9.17) is 4.74 Å². The van der Waals surface area contributed by atoms with Gasteiger partial charge in [0.15, 0.2) is 0 Å². The van der Waals surface area contributed by atoms with Crippen molar-refractivity contribution in [3.8, 4) is 5.75 Å². The van der Waals surface area contributed by atoms with Crippen molar-refractivity contribution in [1.29, 1.82) is 0 Å². The zero-order valence-corrected chi connectivity index (χ0v) is 13.6. The molecule has 1 aromatic carbocycles. The summed E-state index contributed by atoms with van der Waals surface area (Å²) in [5, 5.41) is 9.73. The molecule has 0 aliphatic carbocycles. The molecule has 1 N–H and O–H groups in total. The third-order valence-corrected chi connectivity index (χ3v) is 4.32. The number of piperidine rings is 1. The monoisotopic (exact) mass is 303 g/mol. The van der Waals surface area contributed by atoms with Gasteiger partial charge in [0.25, 0.3) is 0 Å². The number of allylic oxidation sites excluding steroid dienone is 1. The van der Waals surface area contributed by atoms with Gasteiger partial charge in [0.05, 0.1) is 13.2 Å². The van der Waals surface area contributed by atoms with E-state index in [-0.39, 0.29) is 17.9 Å². The lowest BCUT2D eigenvalue weighted by Gasteiger charge is -2.33. The van der Waals surface area contributed by atoms with Crippen LogP contribution in [-0.2, 0) is 4.79 Å². The molecule has 1 heterocycles. The summed E-state index contributed by atoms with van der Waals surface area (Å²) in [6, 6.07) is 7.69. The fourth-order valence-corrected chi connectivity index (χ4v) is 2.93. The standard InChI is InChI=1S/C18H25NO3/c1-13(16-8-4-5-9-17(16)22-3)11-18(21)19-10-6-7-15(12-19)14(2)20/h4-5,8-9,11,14-15,20H,6-7,10,12H2,1-3H3/b13-11+. The van der Waals surface area contributed by atoms with Crippen LogP contribution in [0.1, 0.15) is 32.3 Å². The lowest BCUT2D eigenvalue weighted by molar-refractivity contribution is -0.128. The molecule has 0 aromatic heterocycles. The van der Waals surface area contributed by atoms with E-state index >= 15 is 0 Å². The summed E-state index contributed by atoms with van der Waals surface area (Å²) >= 11 is 0. The zero-order chi connectivity index (χ0) is 16.1. The fourth-order valence-electron chi connectivity index (χ4n) is 2.93. The number of carbonyl (C=O) groups is 1. The molecule has 1 aliphatic rings. The predicted octanol–water partition coefficient (Wildman–Crippen LogP) is 2.72. The Labute approximate surface area is 132 Å². The van der Waals surface area contributed by atoms with E-state index in [1.807, 2.05) is 36.1 Å². The largest absolute Gasteiger partial charge is 0.496 e. The minimum absolute atomic E-state index is 0.00811. The summed E-state index contributed by atoms with van der Waals surface area (Å²) in [7, 11) is 1.63. The number of methoxy groups -OCH3 is 1. The summed E-state index contributed by atoms with van der Waals surface area (Å²) in [5.74, 6) is 0.955. The van der Waals surface area contributed by atoms with Gasteiger partial charge < -0.3 is 14.7 Å². The van der Waals surface area contributed by atoms with Crippen LogP contribution in [0.25, 0.3) is 5.57 Å². The Bertz CT molecular complexity index is 551. The molecule has 4 nitrogen and oxygen atoms in total. The number of para-hydroxylation sites is 1. The molecule has 120 valence electrons. The number of hydrogen-bond acceptors (Lipinski definition) is 3. The lowest BCUT2D eigenvalue weighted by atomic mass is 9.93. The zero-order valence-electron chi connectivity index (χ0n) is 13.6. The fraction of sp³-hybridized carbons (Fsp3) is 0.500. The van der Waals surface area contributed by atoms with Crippen LogP contribution in [-0.4, -0.2) is 42.2 Å². The molecule has 2 atom stereocenters. The van der Waals surface area contributed by atoms with Gasteiger partial charge in [-0.2, -0.15) is 0 Å². The van der Waals surface area contributed by atoms with Gasteiger partial charge in [-0.05, 0) is 38.3 Å². The SMILES string of the molecule is COc1ccccc1/C(C)=C/C(=O)N1CCCC(C(C)O)C1. The van der Waals surface area contributed by atoms with Crippen molar-refractivity contribution >= 4 is 11.5 Å². The van der Waals surface area contributed by atoms with Gasteiger partial charge in [-0.1, -0.05) is 18.2 Å². The van der Waals surface area contributed by atoms with E-state index in [2.05, 4.69) is 0 Å². The third kappa shape index (κ3) is 3.89. The highest BCUT2D eigenvalue weighted by atomic mass is 16.5. The second-order valence-corrected chi connectivity index (χ2v) is 5.95. The summed E-state index contributed by atoms with van der Waals surface area (Å²) in [4.78, 5) is 14.3. The molecule has 1 fully saturated rings. The van der Waals surface area contributed by atoms with Crippen molar-refractivity contribution in [2.75, 3.05) is 20.2 Å². The number of likely N-dealkylation sites (tertiary alicyclic amines) is 1. The molecule has 1 amide bonds. The maximum atomic E-state index is 12.5. The van der Waals surface area contributed by atoms with Gasteiger partial charge in [-0.15, -0.1) is 0 Å². The summed E-state index contributed by atoms with van der Waals surface area (Å²) in [6.45, 7) is 5.12. The first-order valence-corrected chi connectivity index (χ1v) is 7.81. The van der Waals surface area contributed by atoms with Gasteiger partial charge >= 0.3 is 0 Å². The van der Waals surface area contributed by atoms with E-state index in [1.165, 1.54) is 0 Å². The highest BCUT2D eigenvalue weighted by Crippen LogP contribution is 2.26. The van der Waals surface area contributed by atoms with Crippen LogP contribution in [0.5, 0.6) is 5.75 Å². The number of hydrogen-bond donors (Lipinski definition) is 1. The van der Waals surface area contributed by atoms with Crippen LogP contribution in [0.4, 0.5) is 0 Å². The Morgan fingerprint density at radius 1 is 1.45 bits per heavy atom. The smallest absolute Gasteiger partial charge is 0.246 e. The van der Waals surface area contributed by atoms with E-state index in [0.717, 1.165) is 36.3 Å². The van der Waals surface area contributed by atoms with Gasteiger partial charge in [0.1, 0.15) is 5.75 Å². The molecule has 1 saturated heterocycles. The molecule has 0 spiro atoms. The minimum Gasteiger partial charge on any atom is -0.496 e. The number of ether oxygens (including phenoxy) is 1. The maximum Gasteiger partial charge on any atom is 0.246 e. The minimum atomic E-state index is -0.366. The average Bonchev–Trinajstić information content (AvgIpc) is 2.54. The molecule has 4 heteroatoms. The molecule has 22 heavy (non-hydrogen) atoms. The summed E-state index contributed by atoms with van der Waals surface area (Å²) < 4.78 is 5.34. The van der Waals surface area contributed by atoms with Crippen molar-refractivity contribution in [1.82, 2.24) is 4.90 Å². The van der Waals surface area contributed by atoms with Crippen LogP contribution in [0.2, 0.25) is 0 Å². The molecule has 0 bridgehead atoms. The van der Waals surface area contributed by atoms with Gasteiger partial charge in [0, 0.05) is 30.6 Å².